The fraction of sp³-hybridized carbons (Fsp3) is 0.333. The molecule has 1 rings (SSSR count). The molecule has 0 bridgehead atoms. The zero-order valence-corrected chi connectivity index (χ0v) is 9.04. The van der Waals surface area contributed by atoms with Crippen LogP contribution in [-0.4, -0.2) is 6.54 Å². The van der Waals surface area contributed by atoms with Gasteiger partial charge in [-0.3, -0.25) is 0 Å². The van der Waals surface area contributed by atoms with Crippen LogP contribution in [0.15, 0.2) is 10.5 Å². The molecule has 0 saturated heterocycles. The number of nitrogens with two attached hydrogens (primary N) is 1. The van der Waals surface area contributed by atoms with Crippen molar-refractivity contribution in [3.05, 3.63) is 33.6 Å². The Hall–Kier alpha value is -0.550. The van der Waals surface area contributed by atoms with Gasteiger partial charge in [-0.05, 0) is 40.0 Å². The third kappa shape index (κ3) is 1.93. The van der Waals surface area contributed by atoms with E-state index in [0.29, 0.717) is 0 Å². The molecule has 1 nitrogen and oxygen atoms in total. The van der Waals surface area contributed by atoms with Crippen LogP contribution in [0.3, 0.4) is 0 Å². The van der Waals surface area contributed by atoms with Gasteiger partial charge in [-0.1, -0.05) is 6.92 Å². The molecule has 0 aliphatic heterocycles. The van der Waals surface area contributed by atoms with E-state index >= 15 is 0 Å². The van der Waals surface area contributed by atoms with Crippen molar-refractivity contribution >= 4 is 15.9 Å². The molecule has 0 heterocycles. The maximum Gasteiger partial charge on any atom is 0.175 e. The SMILES string of the molecule is CC(CN)c1cc(F)c(F)c(Br)c1F. The Morgan fingerprint density at radius 1 is 1.36 bits per heavy atom. The second-order valence-corrected chi connectivity index (χ2v) is 3.82. The van der Waals surface area contributed by atoms with Crippen LogP contribution in [-0.2, 0) is 0 Å². The van der Waals surface area contributed by atoms with Crippen molar-refractivity contribution in [1.82, 2.24) is 0 Å². The van der Waals surface area contributed by atoms with Gasteiger partial charge in [-0.25, -0.2) is 13.2 Å². The van der Waals surface area contributed by atoms with E-state index in [9.17, 15) is 13.2 Å². The Labute approximate surface area is 88.2 Å². The molecule has 0 radical (unpaired) electrons. The van der Waals surface area contributed by atoms with Crippen molar-refractivity contribution in [2.75, 3.05) is 6.54 Å². The molecule has 0 aliphatic rings. The highest BCUT2D eigenvalue weighted by molar-refractivity contribution is 9.10. The second-order valence-electron chi connectivity index (χ2n) is 3.03. The van der Waals surface area contributed by atoms with Gasteiger partial charge in [0.2, 0.25) is 0 Å². The predicted molar refractivity (Wildman–Crippen MR) is 51.5 cm³/mol. The fourth-order valence-electron chi connectivity index (χ4n) is 1.08. The summed E-state index contributed by atoms with van der Waals surface area (Å²) in [6.07, 6.45) is 0. The van der Waals surface area contributed by atoms with E-state index < -0.39 is 21.9 Å². The lowest BCUT2D eigenvalue weighted by molar-refractivity contribution is 0.478. The summed E-state index contributed by atoms with van der Waals surface area (Å²) >= 11 is 2.65. The lowest BCUT2D eigenvalue weighted by Gasteiger charge is -2.11. The van der Waals surface area contributed by atoms with E-state index in [1.54, 1.807) is 6.92 Å². The van der Waals surface area contributed by atoms with Gasteiger partial charge in [-0.15, -0.1) is 0 Å². The van der Waals surface area contributed by atoms with Crippen LogP contribution in [0.5, 0.6) is 0 Å². The lowest BCUT2D eigenvalue weighted by Crippen LogP contribution is -2.12. The average Bonchev–Trinajstić information content (AvgIpc) is 2.19. The van der Waals surface area contributed by atoms with Gasteiger partial charge in [0.25, 0.3) is 0 Å². The Kier molecular flexibility index (Phi) is 3.55. The molecule has 0 aliphatic carbocycles. The Bertz CT molecular complexity index is 354. The van der Waals surface area contributed by atoms with E-state index in [4.69, 9.17) is 5.73 Å². The quantitative estimate of drug-likeness (QED) is 0.647. The van der Waals surface area contributed by atoms with Crippen LogP contribution in [0.2, 0.25) is 0 Å². The van der Waals surface area contributed by atoms with Crippen molar-refractivity contribution in [2.45, 2.75) is 12.8 Å². The van der Waals surface area contributed by atoms with Crippen molar-refractivity contribution < 1.29 is 13.2 Å². The standard InChI is InChI=1S/C9H9BrF3N/c1-4(3-14)5-2-6(11)9(13)7(10)8(5)12/h2,4H,3,14H2,1H3. The first-order chi connectivity index (χ1) is 6.49. The normalized spacial score (nSPS) is 13.0. The van der Waals surface area contributed by atoms with Crippen LogP contribution < -0.4 is 5.73 Å². The van der Waals surface area contributed by atoms with Gasteiger partial charge in [-0.2, -0.15) is 0 Å². The molecule has 0 saturated carbocycles. The summed E-state index contributed by atoms with van der Waals surface area (Å²) in [4.78, 5) is 0. The molecule has 0 fully saturated rings. The van der Waals surface area contributed by atoms with Gasteiger partial charge in [0.1, 0.15) is 5.82 Å². The number of benzene rings is 1. The largest absolute Gasteiger partial charge is 0.330 e. The zero-order valence-electron chi connectivity index (χ0n) is 7.45. The molecule has 1 aromatic carbocycles. The van der Waals surface area contributed by atoms with Crippen LogP contribution in [0, 0.1) is 17.5 Å². The number of hydrogen-bond donors (Lipinski definition) is 1. The molecular formula is C9H9BrF3N. The van der Waals surface area contributed by atoms with Crippen molar-refractivity contribution in [3.8, 4) is 0 Å². The highest BCUT2D eigenvalue weighted by atomic mass is 79.9. The van der Waals surface area contributed by atoms with Crippen molar-refractivity contribution in [3.63, 3.8) is 0 Å². The summed E-state index contributed by atoms with van der Waals surface area (Å²) in [5.41, 5.74) is 5.39. The molecule has 1 unspecified atom stereocenters. The second kappa shape index (κ2) is 4.31. The van der Waals surface area contributed by atoms with E-state index in [1.165, 1.54) is 0 Å². The smallest absolute Gasteiger partial charge is 0.175 e. The number of rotatable bonds is 2. The van der Waals surface area contributed by atoms with Crippen LogP contribution >= 0.6 is 15.9 Å². The molecular weight excluding hydrogens is 259 g/mol. The number of hydrogen-bond acceptors (Lipinski definition) is 1. The van der Waals surface area contributed by atoms with Crippen LogP contribution in [0.4, 0.5) is 13.2 Å². The molecule has 0 spiro atoms. The average molecular weight is 268 g/mol. The summed E-state index contributed by atoms with van der Waals surface area (Å²) in [5.74, 6) is -3.42. The van der Waals surface area contributed by atoms with Crippen LogP contribution in [0.25, 0.3) is 0 Å². The van der Waals surface area contributed by atoms with Gasteiger partial charge in [0.05, 0.1) is 4.47 Å². The fourth-order valence-corrected chi connectivity index (χ4v) is 1.50. The maximum atomic E-state index is 13.4. The third-order valence-electron chi connectivity index (χ3n) is 2.02. The molecule has 1 atom stereocenters. The minimum atomic E-state index is -1.21. The van der Waals surface area contributed by atoms with Crippen LogP contribution in [0.1, 0.15) is 18.4 Å². The van der Waals surface area contributed by atoms with Crippen molar-refractivity contribution in [2.24, 2.45) is 5.73 Å². The van der Waals surface area contributed by atoms with Gasteiger partial charge >= 0.3 is 0 Å². The predicted octanol–water partition coefficient (Wildman–Crippen LogP) is 2.93. The van der Waals surface area contributed by atoms with Crippen molar-refractivity contribution in [1.29, 1.82) is 0 Å². The minimum Gasteiger partial charge on any atom is -0.330 e. The summed E-state index contributed by atoms with van der Waals surface area (Å²) in [5, 5.41) is 0. The molecule has 5 heteroatoms. The minimum absolute atomic E-state index is 0.0817. The Balaban J connectivity index is 3.33. The summed E-state index contributed by atoms with van der Waals surface area (Å²) in [7, 11) is 0. The van der Waals surface area contributed by atoms with Gasteiger partial charge in [0.15, 0.2) is 11.6 Å². The molecule has 2 N–H and O–H groups in total. The molecule has 78 valence electrons. The maximum absolute atomic E-state index is 13.4. The third-order valence-corrected chi connectivity index (χ3v) is 2.71. The Morgan fingerprint density at radius 2 is 1.93 bits per heavy atom. The summed E-state index contributed by atoms with van der Waals surface area (Å²) < 4.78 is 38.6. The first kappa shape index (κ1) is 11.5. The Morgan fingerprint density at radius 3 is 2.43 bits per heavy atom. The lowest BCUT2D eigenvalue weighted by atomic mass is 10.0. The highest BCUT2D eigenvalue weighted by Gasteiger charge is 2.19. The highest BCUT2D eigenvalue weighted by Crippen LogP contribution is 2.28. The molecule has 0 amide bonds. The number of halogens is 4. The van der Waals surface area contributed by atoms with E-state index in [2.05, 4.69) is 15.9 Å². The molecule has 14 heavy (non-hydrogen) atoms. The zero-order chi connectivity index (χ0) is 10.9. The van der Waals surface area contributed by atoms with E-state index in [1.807, 2.05) is 0 Å². The first-order valence-electron chi connectivity index (χ1n) is 4.02. The van der Waals surface area contributed by atoms with E-state index in [0.717, 1.165) is 6.07 Å². The van der Waals surface area contributed by atoms with Gasteiger partial charge < -0.3 is 5.73 Å². The topological polar surface area (TPSA) is 26.0 Å². The molecule has 1 aromatic rings. The summed E-state index contributed by atoms with van der Waals surface area (Å²) in [6, 6.07) is 0.840. The monoisotopic (exact) mass is 267 g/mol. The van der Waals surface area contributed by atoms with Gasteiger partial charge in [0, 0.05) is 0 Å². The first-order valence-corrected chi connectivity index (χ1v) is 4.81. The van der Waals surface area contributed by atoms with E-state index in [-0.39, 0.29) is 18.0 Å². The summed E-state index contributed by atoms with van der Waals surface area (Å²) in [6.45, 7) is 1.82. The molecule has 0 aromatic heterocycles.